The summed E-state index contributed by atoms with van der Waals surface area (Å²) in [5, 5.41) is 1.19. The number of aromatic nitrogens is 1. The second-order valence-electron chi connectivity index (χ2n) is 6.09. The Balaban J connectivity index is 1.43. The number of fused-ring (bicyclic) bond motifs is 1. The van der Waals surface area contributed by atoms with E-state index in [-0.39, 0.29) is 5.91 Å². The van der Waals surface area contributed by atoms with Gasteiger partial charge in [0, 0.05) is 19.0 Å². The molecule has 0 aliphatic carbocycles. The number of benzene rings is 1. The fraction of sp³-hybridized carbons (Fsp3) is 0.333. The Morgan fingerprint density at radius 2 is 2.12 bits per heavy atom. The van der Waals surface area contributed by atoms with E-state index in [1.807, 2.05) is 17.0 Å². The average Bonchev–Trinajstić information content (AvgIpc) is 3.28. The van der Waals surface area contributed by atoms with Gasteiger partial charge in [0.2, 0.25) is 0 Å². The number of rotatable bonds is 3. The van der Waals surface area contributed by atoms with Gasteiger partial charge in [0.25, 0.3) is 5.91 Å². The van der Waals surface area contributed by atoms with Crippen molar-refractivity contribution in [1.29, 1.82) is 0 Å². The molecule has 1 saturated heterocycles. The van der Waals surface area contributed by atoms with Crippen LogP contribution < -0.4 is 5.73 Å². The van der Waals surface area contributed by atoms with Gasteiger partial charge in [0.15, 0.2) is 0 Å². The standard InChI is InChI=1S/C18H19N3O2S/c19-10-14-9-13(11-23-14)18(22)21-7-5-12(6-8-21)17-20-15-3-1-2-4-16(15)24-17/h1-4,9,11-12H,5-8,10,19H2. The normalized spacial score (nSPS) is 16.0. The molecule has 1 aliphatic rings. The van der Waals surface area contributed by atoms with Crippen LogP contribution in [0.1, 0.15) is 39.9 Å². The molecule has 0 radical (unpaired) electrons. The Hall–Kier alpha value is -2.18. The molecule has 1 aromatic carbocycles. The summed E-state index contributed by atoms with van der Waals surface area (Å²) in [5.41, 5.74) is 7.20. The van der Waals surface area contributed by atoms with E-state index in [2.05, 4.69) is 12.1 Å². The lowest BCUT2D eigenvalue weighted by Crippen LogP contribution is -2.37. The number of furan rings is 1. The fourth-order valence-corrected chi connectivity index (χ4v) is 4.31. The van der Waals surface area contributed by atoms with E-state index < -0.39 is 0 Å². The molecule has 24 heavy (non-hydrogen) atoms. The van der Waals surface area contributed by atoms with Crippen LogP contribution in [0.2, 0.25) is 0 Å². The predicted octanol–water partition coefficient (Wildman–Crippen LogP) is 3.37. The molecule has 2 aromatic heterocycles. The molecule has 6 heteroatoms. The molecule has 3 heterocycles. The van der Waals surface area contributed by atoms with E-state index in [1.54, 1.807) is 17.4 Å². The van der Waals surface area contributed by atoms with Gasteiger partial charge in [0.1, 0.15) is 12.0 Å². The largest absolute Gasteiger partial charge is 0.467 e. The van der Waals surface area contributed by atoms with Crippen molar-refractivity contribution in [1.82, 2.24) is 9.88 Å². The summed E-state index contributed by atoms with van der Waals surface area (Å²) < 4.78 is 6.50. The smallest absolute Gasteiger partial charge is 0.257 e. The summed E-state index contributed by atoms with van der Waals surface area (Å²) in [5.74, 6) is 1.11. The van der Waals surface area contributed by atoms with E-state index in [0.29, 0.717) is 23.8 Å². The highest BCUT2D eigenvalue weighted by Crippen LogP contribution is 2.34. The molecule has 0 unspecified atom stereocenters. The molecule has 2 N–H and O–H groups in total. The van der Waals surface area contributed by atoms with Crippen LogP contribution >= 0.6 is 11.3 Å². The first kappa shape index (κ1) is 15.4. The molecule has 1 amide bonds. The third kappa shape index (κ3) is 2.83. The molecule has 0 spiro atoms. The summed E-state index contributed by atoms with van der Waals surface area (Å²) >= 11 is 1.77. The van der Waals surface area contributed by atoms with Crippen molar-refractivity contribution in [3.63, 3.8) is 0 Å². The Morgan fingerprint density at radius 1 is 1.33 bits per heavy atom. The molecule has 5 nitrogen and oxygen atoms in total. The second kappa shape index (κ2) is 6.37. The molecule has 4 rings (SSSR count). The van der Waals surface area contributed by atoms with Crippen molar-refractivity contribution in [2.24, 2.45) is 5.73 Å². The van der Waals surface area contributed by atoms with Crippen molar-refractivity contribution in [3.8, 4) is 0 Å². The van der Waals surface area contributed by atoms with Crippen LogP contribution in [0.25, 0.3) is 10.2 Å². The van der Waals surface area contributed by atoms with Crippen LogP contribution in [-0.4, -0.2) is 28.9 Å². The highest BCUT2D eigenvalue weighted by Gasteiger charge is 2.27. The zero-order valence-electron chi connectivity index (χ0n) is 13.3. The predicted molar refractivity (Wildman–Crippen MR) is 94.1 cm³/mol. The maximum absolute atomic E-state index is 12.5. The molecule has 124 valence electrons. The molecular formula is C18H19N3O2S. The fourth-order valence-electron chi connectivity index (χ4n) is 3.18. The minimum Gasteiger partial charge on any atom is -0.467 e. The number of hydrogen-bond acceptors (Lipinski definition) is 5. The van der Waals surface area contributed by atoms with Gasteiger partial charge in [-0.2, -0.15) is 0 Å². The van der Waals surface area contributed by atoms with Gasteiger partial charge in [-0.05, 0) is 31.0 Å². The first-order chi connectivity index (χ1) is 11.7. The number of piperidine rings is 1. The first-order valence-corrected chi connectivity index (χ1v) is 8.98. The topological polar surface area (TPSA) is 72.4 Å². The summed E-state index contributed by atoms with van der Waals surface area (Å²) in [4.78, 5) is 19.2. The first-order valence-electron chi connectivity index (χ1n) is 8.17. The number of hydrogen-bond donors (Lipinski definition) is 1. The summed E-state index contributed by atoms with van der Waals surface area (Å²) in [7, 11) is 0. The number of carbonyl (C=O) groups excluding carboxylic acids is 1. The van der Waals surface area contributed by atoms with Crippen LogP contribution in [0.5, 0.6) is 0 Å². The van der Waals surface area contributed by atoms with E-state index in [4.69, 9.17) is 15.1 Å². The molecule has 1 aliphatic heterocycles. The monoisotopic (exact) mass is 341 g/mol. The minimum atomic E-state index is 0.0289. The van der Waals surface area contributed by atoms with Gasteiger partial charge in [-0.1, -0.05) is 12.1 Å². The van der Waals surface area contributed by atoms with E-state index >= 15 is 0 Å². The molecule has 1 fully saturated rings. The van der Waals surface area contributed by atoms with Crippen molar-refractivity contribution < 1.29 is 9.21 Å². The summed E-state index contributed by atoms with van der Waals surface area (Å²) in [6.45, 7) is 1.82. The molecule has 0 bridgehead atoms. The number of amides is 1. The lowest BCUT2D eigenvalue weighted by molar-refractivity contribution is 0.0712. The number of likely N-dealkylation sites (tertiary alicyclic amines) is 1. The Bertz CT molecular complexity index is 829. The number of thiazole rings is 1. The van der Waals surface area contributed by atoms with Gasteiger partial charge < -0.3 is 15.1 Å². The minimum absolute atomic E-state index is 0.0289. The van der Waals surface area contributed by atoms with Gasteiger partial charge in [-0.3, -0.25) is 4.79 Å². The van der Waals surface area contributed by atoms with Crippen LogP contribution in [-0.2, 0) is 6.54 Å². The van der Waals surface area contributed by atoms with Crippen LogP contribution in [0.15, 0.2) is 41.0 Å². The molecule has 0 atom stereocenters. The summed E-state index contributed by atoms with van der Waals surface area (Å²) in [6, 6.07) is 9.98. The van der Waals surface area contributed by atoms with E-state index in [1.165, 1.54) is 16.0 Å². The van der Waals surface area contributed by atoms with E-state index in [9.17, 15) is 4.79 Å². The molecule has 3 aromatic rings. The van der Waals surface area contributed by atoms with Crippen LogP contribution in [0.4, 0.5) is 0 Å². The zero-order valence-corrected chi connectivity index (χ0v) is 14.1. The maximum atomic E-state index is 12.5. The van der Waals surface area contributed by atoms with Crippen LogP contribution in [0.3, 0.4) is 0 Å². The molecular weight excluding hydrogens is 322 g/mol. The number of nitrogens with zero attached hydrogens (tertiary/aromatic N) is 2. The van der Waals surface area contributed by atoms with E-state index in [0.717, 1.165) is 31.4 Å². The Kier molecular flexibility index (Phi) is 4.08. The summed E-state index contributed by atoms with van der Waals surface area (Å²) in [6.07, 6.45) is 3.41. The Morgan fingerprint density at radius 3 is 2.83 bits per heavy atom. The lowest BCUT2D eigenvalue weighted by Gasteiger charge is -2.30. The SMILES string of the molecule is NCc1cc(C(=O)N2CCC(c3nc4ccccc4s3)CC2)co1. The van der Waals surface area contributed by atoms with Gasteiger partial charge in [0.05, 0.1) is 27.3 Å². The zero-order chi connectivity index (χ0) is 16.5. The number of carbonyl (C=O) groups is 1. The average molecular weight is 341 g/mol. The highest BCUT2D eigenvalue weighted by molar-refractivity contribution is 7.18. The maximum Gasteiger partial charge on any atom is 0.257 e. The third-order valence-corrected chi connectivity index (χ3v) is 5.74. The number of nitrogens with two attached hydrogens (primary N) is 1. The quantitative estimate of drug-likeness (QED) is 0.793. The van der Waals surface area contributed by atoms with Crippen LogP contribution in [0, 0.1) is 0 Å². The molecule has 0 saturated carbocycles. The van der Waals surface area contributed by atoms with Crippen molar-refractivity contribution in [2.45, 2.75) is 25.3 Å². The van der Waals surface area contributed by atoms with Gasteiger partial charge in [-0.15, -0.1) is 11.3 Å². The van der Waals surface area contributed by atoms with Gasteiger partial charge in [-0.25, -0.2) is 4.98 Å². The van der Waals surface area contributed by atoms with Gasteiger partial charge >= 0.3 is 0 Å². The Labute approximate surface area is 144 Å². The third-order valence-electron chi connectivity index (χ3n) is 4.54. The lowest BCUT2D eigenvalue weighted by atomic mass is 9.97. The van der Waals surface area contributed by atoms with Crippen molar-refractivity contribution in [2.75, 3.05) is 13.1 Å². The van der Waals surface area contributed by atoms with Crippen molar-refractivity contribution >= 4 is 27.5 Å². The number of para-hydroxylation sites is 1. The second-order valence-corrected chi connectivity index (χ2v) is 7.15. The van der Waals surface area contributed by atoms with Crippen molar-refractivity contribution in [3.05, 3.63) is 52.9 Å². The highest BCUT2D eigenvalue weighted by atomic mass is 32.1.